The number of amides is 1. The lowest BCUT2D eigenvalue weighted by molar-refractivity contribution is -0.137. The molecule has 8 heteroatoms. The van der Waals surface area contributed by atoms with E-state index < -0.39 is 11.7 Å². The predicted molar refractivity (Wildman–Crippen MR) is 100 cm³/mol. The second-order valence-corrected chi connectivity index (χ2v) is 7.57. The number of ether oxygens (including phenoxy) is 1. The van der Waals surface area contributed by atoms with E-state index in [4.69, 9.17) is 4.74 Å². The van der Waals surface area contributed by atoms with Crippen LogP contribution >= 0.6 is 0 Å². The van der Waals surface area contributed by atoms with Gasteiger partial charge in [0.25, 0.3) is 0 Å². The highest BCUT2D eigenvalue weighted by Gasteiger charge is 2.30. The Labute approximate surface area is 163 Å². The summed E-state index contributed by atoms with van der Waals surface area (Å²) in [7, 11) is 0. The van der Waals surface area contributed by atoms with Gasteiger partial charge in [-0.25, -0.2) is 0 Å². The van der Waals surface area contributed by atoms with Crippen LogP contribution in [0.25, 0.3) is 0 Å². The summed E-state index contributed by atoms with van der Waals surface area (Å²) >= 11 is 0. The first-order chi connectivity index (χ1) is 13.4. The van der Waals surface area contributed by atoms with Gasteiger partial charge >= 0.3 is 6.18 Å². The molecule has 0 aliphatic carbocycles. The summed E-state index contributed by atoms with van der Waals surface area (Å²) in [6, 6.07) is 4.74. The summed E-state index contributed by atoms with van der Waals surface area (Å²) in [5, 5.41) is 6.27. The maximum atomic E-state index is 12.6. The number of nitrogens with one attached hydrogen (secondary N) is 2. The van der Waals surface area contributed by atoms with Crippen molar-refractivity contribution in [1.29, 1.82) is 0 Å². The van der Waals surface area contributed by atoms with Crippen LogP contribution < -0.4 is 15.4 Å². The lowest BCUT2D eigenvalue weighted by atomic mass is 9.98. The summed E-state index contributed by atoms with van der Waals surface area (Å²) in [6.45, 7) is 4.62. The molecule has 0 spiro atoms. The second-order valence-electron chi connectivity index (χ2n) is 7.57. The predicted octanol–water partition coefficient (Wildman–Crippen LogP) is 2.66. The van der Waals surface area contributed by atoms with Gasteiger partial charge < -0.3 is 15.4 Å². The van der Waals surface area contributed by atoms with Crippen molar-refractivity contribution >= 4 is 5.91 Å². The zero-order chi connectivity index (χ0) is 20.0. The van der Waals surface area contributed by atoms with E-state index in [1.54, 1.807) is 0 Å². The minimum Gasteiger partial charge on any atom is -0.492 e. The monoisotopic (exact) mass is 399 g/mol. The quantitative estimate of drug-likeness (QED) is 0.740. The number of carbonyl (C=O) groups is 1. The Hall–Kier alpha value is -1.80. The topological polar surface area (TPSA) is 53.6 Å². The highest BCUT2D eigenvalue weighted by Crippen LogP contribution is 2.30. The molecule has 1 aromatic carbocycles. The van der Waals surface area contributed by atoms with Crippen molar-refractivity contribution in [2.24, 2.45) is 5.92 Å². The molecule has 2 unspecified atom stereocenters. The fraction of sp³-hybridized carbons (Fsp3) is 0.650. The van der Waals surface area contributed by atoms with Gasteiger partial charge in [-0.1, -0.05) is 0 Å². The van der Waals surface area contributed by atoms with Gasteiger partial charge in [0.2, 0.25) is 5.91 Å². The van der Waals surface area contributed by atoms with Crippen LogP contribution in [-0.4, -0.2) is 56.2 Å². The maximum absolute atomic E-state index is 12.6. The summed E-state index contributed by atoms with van der Waals surface area (Å²) in [5.74, 6) is 0.961. The molecule has 2 N–H and O–H groups in total. The molecule has 2 atom stereocenters. The van der Waals surface area contributed by atoms with Crippen molar-refractivity contribution in [3.05, 3.63) is 29.8 Å². The molecule has 2 saturated heterocycles. The van der Waals surface area contributed by atoms with Crippen LogP contribution in [0.2, 0.25) is 0 Å². The van der Waals surface area contributed by atoms with Crippen LogP contribution in [0.1, 0.15) is 31.2 Å². The van der Waals surface area contributed by atoms with Crippen molar-refractivity contribution in [1.82, 2.24) is 15.5 Å². The Kier molecular flexibility index (Phi) is 7.18. The number of halogens is 3. The van der Waals surface area contributed by atoms with Crippen molar-refractivity contribution in [3.8, 4) is 5.75 Å². The molecule has 28 heavy (non-hydrogen) atoms. The number of carbonyl (C=O) groups excluding carboxylic acids is 1. The molecule has 1 amide bonds. The Bertz CT molecular complexity index is 631. The smallest absolute Gasteiger partial charge is 0.416 e. The molecule has 3 rings (SSSR count). The highest BCUT2D eigenvalue weighted by molar-refractivity contribution is 5.81. The molecule has 0 radical (unpaired) electrons. The zero-order valence-corrected chi connectivity index (χ0v) is 15.9. The third-order valence-corrected chi connectivity index (χ3v) is 5.40. The molecule has 2 aliphatic heterocycles. The molecule has 2 heterocycles. The van der Waals surface area contributed by atoms with Crippen molar-refractivity contribution in [2.75, 3.05) is 39.3 Å². The molecule has 2 aliphatic rings. The summed E-state index contributed by atoms with van der Waals surface area (Å²) in [5.41, 5.74) is -0.673. The minimum absolute atomic E-state index is 0.0446. The first-order valence-corrected chi connectivity index (χ1v) is 9.95. The molecule has 0 aromatic heterocycles. The fourth-order valence-electron chi connectivity index (χ4n) is 3.83. The average Bonchev–Trinajstić information content (AvgIpc) is 3.21. The third kappa shape index (κ3) is 6.10. The van der Waals surface area contributed by atoms with Gasteiger partial charge in [0.1, 0.15) is 12.4 Å². The van der Waals surface area contributed by atoms with Crippen LogP contribution in [0, 0.1) is 5.92 Å². The Balaban J connectivity index is 1.36. The van der Waals surface area contributed by atoms with Gasteiger partial charge in [-0.2, -0.15) is 13.2 Å². The van der Waals surface area contributed by atoms with Gasteiger partial charge in [-0.15, -0.1) is 0 Å². The number of alkyl halides is 3. The van der Waals surface area contributed by atoms with E-state index in [2.05, 4.69) is 15.5 Å². The molecule has 0 bridgehead atoms. The van der Waals surface area contributed by atoms with Crippen LogP contribution in [0.5, 0.6) is 5.75 Å². The lowest BCUT2D eigenvalue weighted by Crippen LogP contribution is -2.46. The highest BCUT2D eigenvalue weighted by atomic mass is 19.4. The van der Waals surface area contributed by atoms with Gasteiger partial charge in [0.15, 0.2) is 0 Å². The van der Waals surface area contributed by atoms with Gasteiger partial charge in [0.05, 0.1) is 11.6 Å². The summed E-state index contributed by atoms with van der Waals surface area (Å²) < 4.78 is 43.3. The summed E-state index contributed by atoms with van der Waals surface area (Å²) in [4.78, 5) is 14.4. The van der Waals surface area contributed by atoms with Crippen LogP contribution in [0.15, 0.2) is 24.3 Å². The van der Waals surface area contributed by atoms with E-state index >= 15 is 0 Å². The molecule has 1 aromatic rings. The molecule has 0 saturated carbocycles. The Morgan fingerprint density at radius 3 is 2.68 bits per heavy atom. The lowest BCUT2D eigenvalue weighted by Gasteiger charge is -2.32. The van der Waals surface area contributed by atoms with Crippen LogP contribution in [0.4, 0.5) is 13.2 Å². The first-order valence-electron chi connectivity index (χ1n) is 9.95. The normalized spacial score (nSPS) is 23.5. The molecule has 5 nitrogen and oxygen atoms in total. The standard InChI is InChI=1S/C20H28F3N3O2/c21-20(22,23)16-5-7-17(8-6-16)28-12-11-26-10-2-3-15(14-26)13-25-19(27)18-4-1-9-24-18/h5-8,15,18,24H,1-4,9-14H2,(H,25,27). The van der Waals surface area contributed by atoms with Crippen molar-refractivity contribution in [2.45, 2.75) is 37.9 Å². The fourth-order valence-corrected chi connectivity index (χ4v) is 3.83. The number of piperidine rings is 1. The Morgan fingerprint density at radius 2 is 2.00 bits per heavy atom. The maximum Gasteiger partial charge on any atom is 0.416 e. The minimum atomic E-state index is -4.33. The van der Waals surface area contributed by atoms with E-state index in [-0.39, 0.29) is 11.9 Å². The number of hydrogen-bond donors (Lipinski definition) is 2. The van der Waals surface area contributed by atoms with E-state index in [9.17, 15) is 18.0 Å². The average molecular weight is 399 g/mol. The van der Waals surface area contributed by atoms with Gasteiger partial charge in [-0.05, 0) is 69.0 Å². The van der Waals surface area contributed by atoms with Gasteiger partial charge in [-0.3, -0.25) is 9.69 Å². The number of hydrogen-bond acceptors (Lipinski definition) is 4. The van der Waals surface area contributed by atoms with Crippen molar-refractivity contribution < 1.29 is 22.7 Å². The third-order valence-electron chi connectivity index (χ3n) is 5.40. The second kappa shape index (κ2) is 9.60. The van der Waals surface area contributed by atoms with Crippen LogP contribution in [-0.2, 0) is 11.0 Å². The Morgan fingerprint density at radius 1 is 1.21 bits per heavy atom. The summed E-state index contributed by atoms with van der Waals surface area (Å²) in [6.07, 6.45) is -0.208. The number of rotatable bonds is 7. The van der Waals surface area contributed by atoms with Crippen molar-refractivity contribution in [3.63, 3.8) is 0 Å². The molecule has 2 fully saturated rings. The SMILES string of the molecule is O=C(NCC1CCCN(CCOc2ccc(C(F)(F)F)cc2)C1)C1CCCN1. The van der Waals surface area contributed by atoms with E-state index in [0.29, 0.717) is 24.8 Å². The largest absolute Gasteiger partial charge is 0.492 e. The number of benzene rings is 1. The van der Waals surface area contributed by atoms with Crippen LogP contribution in [0.3, 0.4) is 0 Å². The number of nitrogens with zero attached hydrogens (tertiary/aromatic N) is 1. The number of likely N-dealkylation sites (tertiary alicyclic amines) is 1. The first kappa shape index (κ1) is 20.9. The molecular formula is C20H28F3N3O2. The van der Waals surface area contributed by atoms with E-state index in [0.717, 1.165) is 64.0 Å². The molecule has 156 valence electrons. The zero-order valence-electron chi connectivity index (χ0n) is 15.9. The molecular weight excluding hydrogens is 371 g/mol. The van der Waals surface area contributed by atoms with E-state index in [1.165, 1.54) is 12.1 Å². The van der Waals surface area contributed by atoms with Gasteiger partial charge in [0, 0.05) is 19.6 Å². The van der Waals surface area contributed by atoms with E-state index in [1.807, 2.05) is 0 Å².